The Hall–Kier alpha value is -1.69. The van der Waals surface area contributed by atoms with Crippen molar-refractivity contribution < 1.29 is 13.3 Å². The van der Waals surface area contributed by atoms with Gasteiger partial charge >= 0.3 is 0 Å². The van der Waals surface area contributed by atoms with Gasteiger partial charge < -0.3 is 4.90 Å². The quantitative estimate of drug-likeness (QED) is 0.919. The summed E-state index contributed by atoms with van der Waals surface area (Å²) in [4.78, 5) is 1.83. The number of piperazine rings is 1. The highest BCUT2D eigenvalue weighted by Crippen LogP contribution is 2.15. The van der Waals surface area contributed by atoms with Crippen LogP contribution < -0.4 is 4.90 Å². The Morgan fingerprint density at radius 3 is 2.00 bits per heavy atom. The van der Waals surface area contributed by atoms with E-state index in [4.69, 9.17) is 0 Å². The lowest BCUT2D eigenvalue weighted by molar-refractivity contribution is -0.933. The minimum atomic E-state index is -3.36. The van der Waals surface area contributed by atoms with E-state index in [1.54, 1.807) is 28.6 Å². The Kier molecular flexibility index (Phi) is 4.80. The Bertz CT molecular complexity index is 724. The standard InChI is InChI=1S/C18H22N2O2S/c1-16(17-8-4-2-5-9-17)19-12-14-20(15-13-19)23(21,22)18-10-6-3-7-11-18/h2-11,16H,12-15H2,1H3/p+1/t16-/m1/s1. The van der Waals surface area contributed by atoms with E-state index in [-0.39, 0.29) is 0 Å². The van der Waals surface area contributed by atoms with Crippen LogP contribution in [-0.4, -0.2) is 38.9 Å². The monoisotopic (exact) mass is 331 g/mol. The fraction of sp³-hybridized carbons (Fsp3) is 0.333. The second kappa shape index (κ2) is 6.83. The van der Waals surface area contributed by atoms with E-state index in [2.05, 4.69) is 31.2 Å². The molecule has 3 rings (SSSR count). The van der Waals surface area contributed by atoms with Gasteiger partial charge in [0.25, 0.3) is 0 Å². The molecule has 23 heavy (non-hydrogen) atoms. The molecule has 1 atom stereocenters. The number of nitrogens with zero attached hydrogens (tertiary/aromatic N) is 1. The third-order valence-electron chi connectivity index (χ3n) is 4.66. The van der Waals surface area contributed by atoms with Gasteiger partial charge in [0.05, 0.1) is 31.1 Å². The third-order valence-corrected chi connectivity index (χ3v) is 6.57. The van der Waals surface area contributed by atoms with Gasteiger partial charge in [-0.05, 0) is 19.1 Å². The van der Waals surface area contributed by atoms with Crippen LogP contribution >= 0.6 is 0 Å². The Morgan fingerprint density at radius 2 is 1.43 bits per heavy atom. The summed E-state index contributed by atoms with van der Waals surface area (Å²) in [6.07, 6.45) is 0. The van der Waals surface area contributed by atoms with Crippen molar-refractivity contribution in [2.75, 3.05) is 26.2 Å². The van der Waals surface area contributed by atoms with Gasteiger partial charge in [-0.1, -0.05) is 48.5 Å². The van der Waals surface area contributed by atoms with E-state index >= 15 is 0 Å². The number of sulfonamides is 1. The Balaban J connectivity index is 1.67. The fourth-order valence-electron chi connectivity index (χ4n) is 3.17. The summed E-state index contributed by atoms with van der Waals surface area (Å²) in [5.41, 5.74) is 1.31. The van der Waals surface area contributed by atoms with Crippen LogP contribution in [0.25, 0.3) is 0 Å². The van der Waals surface area contributed by atoms with Crippen LogP contribution in [0.4, 0.5) is 0 Å². The van der Waals surface area contributed by atoms with Crippen LogP contribution in [-0.2, 0) is 10.0 Å². The fourth-order valence-corrected chi connectivity index (χ4v) is 4.63. The third kappa shape index (κ3) is 3.47. The molecule has 2 aromatic rings. The number of hydrogen-bond acceptors (Lipinski definition) is 2. The van der Waals surface area contributed by atoms with Crippen LogP contribution in [0, 0.1) is 0 Å². The first-order chi connectivity index (χ1) is 11.1. The number of quaternary nitrogens is 1. The maximum atomic E-state index is 12.7. The van der Waals surface area contributed by atoms with Gasteiger partial charge in [-0.3, -0.25) is 0 Å². The molecule has 122 valence electrons. The van der Waals surface area contributed by atoms with E-state index in [1.165, 1.54) is 10.5 Å². The summed E-state index contributed by atoms with van der Waals surface area (Å²) in [6, 6.07) is 19.5. The summed E-state index contributed by atoms with van der Waals surface area (Å²) >= 11 is 0. The number of benzene rings is 2. The summed E-state index contributed by atoms with van der Waals surface area (Å²) in [5, 5.41) is 0. The molecule has 2 aromatic carbocycles. The van der Waals surface area contributed by atoms with Gasteiger partial charge in [0.15, 0.2) is 0 Å². The molecule has 0 bridgehead atoms. The van der Waals surface area contributed by atoms with Gasteiger partial charge in [0, 0.05) is 5.56 Å². The van der Waals surface area contributed by atoms with Crippen molar-refractivity contribution in [1.82, 2.24) is 4.31 Å². The molecule has 0 aromatic heterocycles. The van der Waals surface area contributed by atoms with Crippen LogP contribution in [0.15, 0.2) is 65.6 Å². The molecule has 4 nitrogen and oxygen atoms in total. The number of nitrogens with one attached hydrogen (secondary N) is 1. The van der Waals surface area contributed by atoms with Crippen LogP contribution in [0.3, 0.4) is 0 Å². The first kappa shape index (κ1) is 16.2. The van der Waals surface area contributed by atoms with Crippen molar-refractivity contribution in [2.45, 2.75) is 17.9 Å². The topological polar surface area (TPSA) is 41.8 Å². The minimum absolute atomic E-state index is 0.387. The van der Waals surface area contributed by atoms with Gasteiger partial charge in [-0.15, -0.1) is 0 Å². The molecule has 0 saturated carbocycles. The summed E-state index contributed by atoms with van der Waals surface area (Å²) in [7, 11) is -3.36. The Labute approximate surface area is 138 Å². The lowest BCUT2D eigenvalue weighted by Crippen LogP contribution is -3.14. The normalized spacial score (nSPS) is 18.7. The average molecular weight is 331 g/mol. The molecular weight excluding hydrogens is 308 g/mol. The molecule has 1 N–H and O–H groups in total. The molecule has 0 spiro atoms. The smallest absolute Gasteiger partial charge is 0.243 e. The number of rotatable bonds is 4. The van der Waals surface area contributed by atoms with Gasteiger partial charge in [0.1, 0.15) is 6.04 Å². The van der Waals surface area contributed by atoms with Crippen LogP contribution in [0.5, 0.6) is 0 Å². The highest BCUT2D eigenvalue weighted by molar-refractivity contribution is 7.89. The van der Waals surface area contributed by atoms with Crippen LogP contribution in [0.2, 0.25) is 0 Å². The lowest BCUT2D eigenvalue weighted by Gasteiger charge is -2.34. The largest absolute Gasteiger partial charge is 0.327 e. The SMILES string of the molecule is C[C@H](c1ccccc1)[NH+]1CCN(S(=O)(=O)c2ccccc2)CC1. The van der Waals surface area contributed by atoms with E-state index in [1.807, 2.05) is 12.1 Å². The van der Waals surface area contributed by atoms with Crippen molar-refractivity contribution in [3.05, 3.63) is 66.2 Å². The summed E-state index contributed by atoms with van der Waals surface area (Å²) in [5.74, 6) is 0. The summed E-state index contributed by atoms with van der Waals surface area (Å²) in [6.45, 7) is 5.03. The number of hydrogen-bond donors (Lipinski definition) is 1. The van der Waals surface area contributed by atoms with E-state index in [0.717, 1.165) is 13.1 Å². The molecule has 1 saturated heterocycles. The predicted molar refractivity (Wildman–Crippen MR) is 90.8 cm³/mol. The zero-order valence-corrected chi connectivity index (χ0v) is 14.2. The molecule has 1 aliphatic rings. The highest BCUT2D eigenvalue weighted by atomic mass is 32.2. The van der Waals surface area contributed by atoms with E-state index in [9.17, 15) is 8.42 Å². The van der Waals surface area contributed by atoms with Crippen molar-refractivity contribution in [3.8, 4) is 0 Å². The van der Waals surface area contributed by atoms with Crippen molar-refractivity contribution >= 4 is 10.0 Å². The molecular formula is C18H23N2O2S+. The second-order valence-electron chi connectivity index (χ2n) is 6.01. The molecule has 1 fully saturated rings. The average Bonchev–Trinajstić information content (AvgIpc) is 2.63. The van der Waals surface area contributed by atoms with Gasteiger partial charge in [-0.2, -0.15) is 4.31 Å². The van der Waals surface area contributed by atoms with E-state index in [0.29, 0.717) is 24.0 Å². The zero-order valence-electron chi connectivity index (χ0n) is 13.4. The summed E-state index contributed by atoms with van der Waals surface area (Å²) < 4.78 is 26.9. The molecule has 5 heteroatoms. The van der Waals surface area contributed by atoms with E-state index < -0.39 is 10.0 Å². The minimum Gasteiger partial charge on any atom is -0.327 e. The predicted octanol–water partition coefficient (Wildman–Crippen LogP) is 1.34. The highest BCUT2D eigenvalue weighted by Gasteiger charge is 2.32. The van der Waals surface area contributed by atoms with Gasteiger partial charge in [0.2, 0.25) is 10.0 Å². The van der Waals surface area contributed by atoms with Crippen molar-refractivity contribution in [2.24, 2.45) is 0 Å². The molecule has 0 unspecified atom stereocenters. The molecule has 1 aliphatic heterocycles. The first-order valence-corrected chi connectivity index (χ1v) is 9.48. The second-order valence-corrected chi connectivity index (χ2v) is 7.95. The molecule has 0 radical (unpaired) electrons. The first-order valence-electron chi connectivity index (χ1n) is 8.04. The lowest BCUT2D eigenvalue weighted by atomic mass is 10.1. The molecule has 0 aliphatic carbocycles. The van der Waals surface area contributed by atoms with Crippen molar-refractivity contribution in [1.29, 1.82) is 0 Å². The van der Waals surface area contributed by atoms with Crippen molar-refractivity contribution in [3.63, 3.8) is 0 Å². The maximum Gasteiger partial charge on any atom is 0.243 e. The zero-order chi connectivity index (χ0) is 16.3. The van der Waals surface area contributed by atoms with Crippen LogP contribution in [0.1, 0.15) is 18.5 Å². The maximum absolute atomic E-state index is 12.7. The molecule has 1 heterocycles. The molecule has 0 amide bonds. The Morgan fingerprint density at radius 1 is 0.913 bits per heavy atom. The van der Waals surface area contributed by atoms with Gasteiger partial charge in [-0.25, -0.2) is 8.42 Å².